The Bertz CT molecular complexity index is 413. The molecule has 0 aliphatic heterocycles. The van der Waals surface area contributed by atoms with E-state index in [4.69, 9.17) is 9.63 Å². The second-order valence-electron chi connectivity index (χ2n) is 4.85. The van der Waals surface area contributed by atoms with Gasteiger partial charge in [-0.05, 0) is 33.6 Å². The predicted molar refractivity (Wildman–Crippen MR) is 68.6 cm³/mol. The van der Waals surface area contributed by atoms with Gasteiger partial charge < -0.3 is 20.3 Å². The number of rotatable bonds is 5. The normalized spacial score (nSPS) is 11.4. The first kappa shape index (κ1) is 14.5. The number of carbonyl (C=O) groups is 1. The molecule has 1 aromatic heterocycles. The number of urea groups is 1. The van der Waals surface area contributed by atoms with Crippen LogP contribution in [0.3, 0.4) is 0 Å². The predicted octanol–water partition coefficient (Wildman–Crippen LogP) is 1.83. The number of carbonyl (C=O) groups excluding carboxylic acids is 1. The van der Waals surface area contributed by atoms with Gasteiger partial charge in [-0.2, -0.15) is 0 Å². The van der Waals surface area contributed by atoms with E-state index in [0.717, 1.165) is 5.69 Å². The van der Waals surface area contributed by atoms with Gasteiger partial charge in [-0.25, -0.2) is 4.79 Å². The van der Waals surface area contributed by atoms with E-state index >= 15 is 0 Å². The second kappa shape index (κ2) is 5.86. The quantitative estimate of drug-likeness (QED) is 0.749. The first-order valence-electron chi connectivity index (χ1n) is 6.04. The number of hydrogen-bond acceptors (Lipinski definition) is 4. The molecule has 0 unspecified atom stereocenters. The van der Waals surface area contributed by atoms with Crippen molar-refractivity contribution in [1.82, 2.24) is 10.5 Å². The van der Waals surface area contributed by atoms with E-state index in [1.807, 2.05) is 20.8 Å². The van der Waals surface area contributed by atoms with Gasteiger partial charge in [0.2, 0.25) is 0 Å². The molecular weight excluding hydrogens is 234 g/mol. The van der Waals surface area contributed by atoms with Crippen LogP contribution >= 0.6 is 0 Å². The first-order chi connectivity index (χ1) is 8.39. The van der Waals surface area contributed by atoms with Crippen LogP contribution in [0.25, 0.3) is 0 Å². The van der Waals surface area contributed by atoms with Crippen LogP contribution in [0.2, 0.25) is 0 Å². The zero-order chi connectivity index (χ0) is 13.8. The summed E-state index contributed by atoms with van der Waals surface area (Å²) in [6.07, 6.45) is 1.18. The van der Waals surface area contributed by atoms with Crippen molar-refractivity contribution in [3.63, 3.8) is 0 Å². The Morgan fingerprint density at radius 3 is 2.72 bits per heavy atom. The van der Waals surface area contributed by atoms with Crippen molar-refractivity contribution in [2.75, 3.05) is 11.9 Å². The van der Waals surface area contributed by atoms with E-state index in [-0.39, 0.29) is 12.6 Å². The molecule has 0 saturated carbocycles. The summed E-state index contributed by atoms with van der Waals surface area (Å²) in [4.78, 5) is 11.8. The molecule has 3 N–H and O–H groups in total. The van der Waals surface area contributed by atoms with Crippen molar-refractivity contribution >= 4 is 11.7 Å². The van der Waals surface area contributed by atoms with Crippen LogP contribution in [0.4, 0.5) is 10.5 Å². The Hall–Kier alpha value is -1.56. The number of aliphatic hydroxyl groups excluding tert-OH is 1. The fourth-order valence-electron chi connectivity index (χ4n) is 1.61. The highest BCUT2D eigenvalue weighted by Gasteiger charge is 2.21. The number of aromatic nitrogens is 1. The standard InChI is InChI=1S/C12H21N3O3/c1-5-9-10(8(2)18-15-9)13-11(17)14-12(3,4)6-7-16/h16H,5-7H2,1-4H3,(H2,13,14,17). The second-order valence-corrected chi connectivity index (χ2v) is 4.85. The van der Waals surface area contributed by atoms with Gasteiger partial charge in [0.25, 0.3) is 0 Å². The van der Waals surface area contributed by atoms with Crippen molar-refractivity contribution < 1.29 is 14.4 Å². The lowest BCUT2D eigenvalue weighted by molar-refractivity contribution is 0.218. The van der Waals surface area contributed by atoms with Gasteiger partial charge in [0, 0.05) is 12.1 Å². The van der Waals surface area contributed by atoms with Gasteiger partial charge in [0.1, 0.15) is 11.4 Å². The summed E-state index contributed by atoms with van der Waals surface area (Å²) in [5, 5.41) is 18.3. The Morgan fingerprint density at radius 2 is 2.17 bits per heavy atom. The molecule has 102 valence electrons. The third-order valence-corrected chi connectivity index (χ3v) is 2.70. The third kappa shape index (κ3) is 3.73. The lowest BCUT2D eigenvalue weighted by Crippen LogP contribution is -2.46. The van der Waals surface area contributed by atoms with Gasteiger partial charge in [-0.3, -0.25) is 0 Å². The van der Waals surface area contributed by atoms with Gasteiger partial charge >= 0.3 is 6.03 Å². The summed E-state index contributed by atoms with van der Waals surface area (Å²) in [6.45, 7) is 7.42. The number of amides is 2. The largest absolute Gasteiger partial charge is 0.396 e. The van der Waals surface area contributed by atoms with E-state index in [1.54, 1.807) is 6.92 Å². The number of hydrogen-bond donors (Lipinski definition) is 3. The highest BCUT2D eigenvalue weighted by molar-refractivity contribution is 5.90. The molecule has 0 fully saturated rings. The zero-order valence-electron chi connectivity index (χ0n) is 11.3. The van der Waals surface area contributed by atoms with Crippen LogP contribution in [0.15, 0.2) is 4.52 Å². The number of nitrogens with one attached hydrogen (secondary N) is 2. The van der Waals surface area contributed by atoms with E-state index in [2.05, 4.69) is 15.8 Å². The minimum absolute atomic E-state index is 0.0276. The molecule has 2 amide bonds. The topological polar surface area (TPSA) is 87.4 Å². The molecule has 0 spiro atoms. The summed E-state index contributed by atoms with van der Waals surface area (Å²) in [5.41, 5.74) is 0.883. The molecule has 6 heteroatoms. The highest BCUT2D eigenvalue weighted by atomic mass is 16.5. The lowest BCUT2D eigenvalue weighted by atomic mass is 10.0. The first-order valence-corrected chi connectivity index (χ1v) is 6.04. The van der Waals surface area contributed by atoms with E-state index in [9.17, 15) is 4.79 Å². The Morgan fingerprint density at radius 1 is 1.50 bits per heavy atom. The number of aryl methyl sites for hydroxylation is 2. The molecule has 0 aliphatic rings. The maximum atomic E-state index is 11.8. The van der Waals surface area contributed by atoms with Crippen molar-refractivity contribution in [3.05, 3.63) is 11.5 Å². The Kier molecular flexibility index (Phi) is 4.72. The van der Waals surface area contributed by atoms with E-state index in [0.29, 0.717) is 24.3 Å². The van der Waals surface area contributed by atoms with Gasteiger partial charge in [0.05, 0.1) is 0 Å². The number of nitrogens with zero attached hydrogens (tertiary/aromatic N) is 1. The maximum Gasteiger partial charge on any atom is 0.319 e. The minimum Gasteiger partial charge on any atom is -0.396 e. The highest BCUT2D eigenvalue weighted by Crippen LogP contribution is 2.20. The summed E-state index contributed by atoms with van der Waals surface area (Å²) in [5.74, 6) is 0.585. The monoisotopic (exact) mass is 255 g/mol. The van der Waals surface area contributed by atoms with Gasteiger partial charge in [-0.1, -0.05) is 12.1 Å². The van der Waals surface area contributed by atoms with E-state index < -0.39 is 5.54 Å². The third-order valence-electron chi connectivity index (χ3n) is 2.70. The molecular formula is C12H21N3O3. The van der Waals surface area contributed by atoms with Crippen molar-refractivity contribution in [2.24, 2.45) is 0 Å². The van der Waals surface area contributed by atoms with Crippen LogP contribution in [-0.4, -0.2) is 28.4 Å². The smallest absolute Gasteiger partial charge is 0.319 e. The summed E-state index contributed by atoms with van der Waals surface area (Å²) in [6, 6.07) is -0.325. The van der Waals surface area contributed by atoms with Crippen LogP contribution < -0.4 is 10.6 Å². The molecule has 18 heavy (non-hydrogen) atoms. The SMILES string of the molecule is CCc1noc(C)c1NC(=O)NC(C)(C)CCO. The number of anilines is 1. The Labute approximate surface area is 107 Å². The van der Waals surface area contributed by atoms with Crippen LogP contribution in [0.5, 0.6) is 0 Å². The molecule has 0 radical (unpaired) electrons. The average Bonchev–Trinajstić information content (AvgIpc) is 2.59. The van der Waals surface area contributed by atoms with Gasteiger partial charge in [-0.15, -0.1) is 0 Å². The molecule has 1 rings (SSSR count). The molecule has 0 bridgehead atoms. The summed E-state index contributed by atoms with van der Waals surface area (Å²) < 4.78 is 5.03. The van der Waals surface area contributed by atoms with Gasteiger partial charge in [0.15, 0.2) is 5.76 Å². The molecule has 0 atom stereocenters. The average molecular weight is 255 g/mol. The van der Waals surface area contributed by atoms with Crippen LogP contribution in [0, 0.1) is 6.92 Å². The molecule has 1 heterocycles. The maximum absolute atomic E-state index is 11.8. The van der Waals surface area contributed by atoms with Crippen LogP contribution in [-0.2, 0) is 6.42 Å². The molecule has 0 saturated heterocycles. The molecule has 1 aromatic rings. The fraction of sp³-hybridized carbons (Fsp3) is 0.667. The lowest BCUT2D eigenvalue weighted by Gasteiger charge is -2.25. The molecule has 0 aliphatic carbocycles. The summed E-state index contributed by atoms with van der Waals surface area (Å²) >= 11 is 0. The fourth-order valence-corrected chi connectivity index (χ4v) is 1.61. The molecule has 6 nitrogen and oxygen atoms in total. The van der Waals surface area contributed by atoms with Crippen molar-refractivity contribution in [1.29, 1.82) is 0 Å². The Balaban J connectivity index is 2.67. The number of aliphatic hydroxyl groups is 1. The van der Waals surface area contributed by atoms with Crippen LogP contribution in [0.1, 0.15) is 38.6 Å². The zero-order valence-corrected chi connectivity index (χ0v) is 11.3. The van der Waals surface area contributed by atoms with E-state index in [1.165, 1.54) is 0 Å². The minimum atomic E-state index is -0.462. The van der Waals surface area contributed by atoms with Crippen molar-refractivity contribution in [2.45, 2.75) is 46.1 Å². The van der Waals surface area contributed by atoms with Crippen molar-refractivity contribution in [3.8, 4) is 0 Å². The molecule has 0 aromatic carbocycles. The summed E-state index contributed by atoms with van der Waals surface area (Å²) in [7, 11) is 0.